The summed E-state index contributed by atoms with van der Waals surface area (Å²) in [5.41, 5.74) is 2.17. The number of thiophene rings is 1. The standard InChI is InChI=1S/C14H13ClN2OS/c1-10(11-8-14(15)19-9-11)17-12-2-4-13(5-3-12)18-7-6-16/h2-5,8-10,17H,7H2,1H3. The van der Waals surface area contributed by atoms with E-state index in [1.807, 2.05) is 41.8 Å². The first-order chi connectivity index (χ1) is 9.19. The Morgan fingerprint density at radius 1 is 1.42 bits per heavy atom. The number of hydrogen-bond donors (Lipinski definition) is 1. The predicted octanol–water partition coefficient (Wildman–Crippen LogP) is 4.48. The van der Waals surface area contributed by atoms with E-state index in [1.165, 1.54) is 16.9 Å². The number of rotatable bonds is 5. The van der Waals surface area contributed by atoms with Gasteiger partial charge in [-0.3, -0.25) is 0 Å². The highest BCUT2D eigenvalue weighted by atomic mass is 35.5. The van der Waals surface area contributed by atoms with E-state index in [4.69, 9.17) is 21.6 Å². The first kappa shape index (κ1) is 13.7. The molecule has 1 heterocycles. The Morgan fingerprint density at radius 3 is 2.74 bits per heavy atom. The SMILES string of the molecule is CC(Nc1ccc(OCC#N)cc1)c1csc(Cl)c1. The minimum atomic E-state index is 0.0661. The van der Waals surface area contributed by atoms with Crippen LogP contribution in [0.5, 0.6) is 5.75 Å². The van der Waals surface area contributed by atoms with Crippen LogP contribution in [0.3, 0.4) is 0 Å². The summed E-state index contributed by atoms with van der Waals surface area (Å²) in [7, 11) is 0. The molecule has 5 heteroatoms. The highest BCUT2D eigenvalue weighted by Crippen LogP contribution is 2.27. The molecule has 0 radical (unpaired) electrons. The average molecular weight is 293 g/mol. The van der Waals surface area contributed by atoms with Gasteiger partial charge < -0.3 is 10.1 Å². The quantitative estimate of drug-likeness (QED) is 0.884. The number of benzene rings is 1. The summed E-state index contributed by atoms with van der Waals surface area (Å²) in [5.74, 6) is 0.693. The maximum Gasteiger partial charge on any atom is 0.174 e. The topological polar surface area (TPSA) is 45.0 Å². The summed E-state index contributed by atoms with van der Waals surface area (Å²) in [6.07, 6.45) is 0. The van der Waals surface area contributed by atoms with Crippen LogP contribution in [0.4, 0.5) is 5.69 Å². The van der Waals surface area contributed by atoms with Crippen LogP contribution in [0.1, 0.15) is 18.5 Å². The third-order valence-electron chi connectivity index (χ3n) is 2.63. The van der Waals surface area contributed by atoms with Crippen LogP contribution in [-0.2, 0) is 0 Å². The summed E-state index contributed by atoms with van der Waals surface area (Å²) in [5, 5.41) is 13.9. The van der Waals surface area contributed by atoms with Crippen molar-refractivity contribution in [3.8, 4) is 11.8 Å². The van der Waals surface area contributed by atoms with Crippen LogP contribution in [0.25, 0.3) is 0 Å². The van der Waals surface area contributed by atoms with Crippen molar-refractivity contribution in [2.75, 3.05) is 11.9 Å². The molecular weight excluding hydrogens is 280 g/mol. The normalized spacial score (nSPS) is 11.6. The lowest BCUT2D eigenvalue weighted by Gasteiger charge is -2.14. The van der Waals surface area contributed by atoms with Crippen molar-refractivity contribution in [2.24, 2.45) is 0 Å². The van der Waals surface area contributed by atoms with Crippen molar-refractivity contribution in [3.63, 3.8) is 0 Å². The molecule has 1 atom stereocenters. The highest BCUT2D eigenvalue weighted by Gasteiger charge is 2.07. The molecule has 0 aliphatic heterocycles. The summed E-state index contributed by atoms with van der Waals surface area (Å²) in [6.45, 7) is 2.15. The van der Waals surface area contributed by atoms with E-state index in [2.05, 4.69) is 12.2 Å². The molecule has 1 aromatic carbocycles. The van der Waals surface area contributed by atoms with Gasteiger partial charge in [0.05, 0.1) is 4.34 Å². The third kappa shape index (κ3) is 3.88. The molecule has 0 bridgehead atoms. The summed E-state index contributed by atoms with van der Waals surface area (Å²) in [6, 6.07) is 11.6. The predicted molar refractivity (Wildman–Crippen MR) is 78.9 cm³/mol. The van der Waals surface area contributed by atoms with Crippen LogP contribution < -0.4 is 10.1 Å². The Hall–Kier alpha value is -1.70. The molecule has 0 aliphatic carbocycles. The lowest BCUT2D eigenvalue weighted by atomic mass is 10.1. The summed E-state index contributed by atoms with van der Waals surface area (Å²) in [4.78, 5) is 0. The van der Waals surface area contributed by atoms with Gasteiger partial charge in [-0.05, 0) is 48.2 Å². The molecular formula is C14H13ClN2OS. The number of nitrogens with one attached hydrogen (secondary N) is 1. The van der Waals surface area contributed by atoms with Gasteiger partial charge in [-0.1, -0.05) is 11.6 Å². The van der Waals surface area contributed by atoms with Gasteiger partial charge in [0.1, 0.15) is 11.8 Å². The largest absolute Gasteiger partial charge is 0.479 e. The molecule has 3 nitrogen and oxygen atoms in total. The molecule has 19 heavy (non-hydrogen) atoms. The van der Waals surface area contributed by atoms with E-state index >= 15 is 0 Å². The lowest BCUT2D eigenvalue weighted by Crippen LogP contribution is -2.05. The van der Waals surface area contributed by atoms with E-state index in [0.717, 1.165) is 10.0 Å². The first-order valence-corrected chi connectivity index (χ1v) is 7.05. The molecule has 98 valence electrons. The minimum Gasteiger partial charge on any atom is -0.479 e. The molecule has 0 fully saturated rings. The smallest absolute Gasteiger partial charge is 0.174 e. The number of nitrogens with zero attached hydrogens (tertiary/aromatic N) is 1. The van der Waals surface area contributed by atoms with E-state index < -0.39 is 0 Å². The number of halogens is 1. The van der Waals surface area contributed by atoms with Crippen LogP contribution in [0, 0.1) is 11.3 Å². The zero-order valence-electron chi connectivity index (χ0n) is 10.4. The van der Waals surface area contributed by atoms with Gasteiger partial charge in [0.25, 0.3) is 0 Å². The molecule has 0 saturated carbocycles. The summed E-state index contributed by atoms with van der Waals surface area (Å²) >= 11 is 7.45. The molecule has 0 amide bonds. The second kappa shape index (κ2) is 6.46. The molecule has 2 aromatic rings. The van der Waals surface area contributed by atoms with E-state index in [1.54, 1.807) is 0 Å². The Bertz CT molecular complexity index is 574. The van der Waals surface area contributed by atoms with Gasteiger partial charge in [-0.15, -0.1) is 11.3 Å². The maximum atomic E-state index is 8.43. The van der Waals surface area contributed by atoms with Crippen molar-refractivity contribution in [3.05, 3.63) is 45.6 Å². The minimum absolute atomic E-state index is 0.0661. The number of hydrogen-bond acceptors (Lipinski definition) is 4. The molecule has 1 aromatic heterocycles. The van der Waals surface area contributed by atoms with E-state index in [9.17, 15) is 0 Å². The van der Waals surface area contributed by atoms with Crippen molar-refractivity contribution in [1.29, 1.82) is 5.26 Å². The second-order valence-corrected chi connectivity index (χ2v) is 5.56. The third-order valence-corrected chi connectivity index (χ3v) is 3.74. The fourth-order valence-corrected chi connectivity index (χ4v) is 2.63. The Balaban J connectivity index is 1.97. The Labute approximate surface area is 121 Å². The molecule has 0 saturated heterocycles. The number of ether oxygens (including phenoxy) is 1. The van der Waals surface area contributed by atoms with Crippen molar-refractivity contribution in [1.82, 2.24) is 0 Å². The molecule has 1 unspecified atom stereocenters. The molecule has 0 aliphatic rings. The fraction of sp³-hybridized carbons (Fsp3) is 0.214. The van der Waals surface area contributed by atoms with Gasteiger partial charge in [0.15, 0.2) is 6.61 Å². The van der Waals surface area contributed by atoms with E-state index in [-0.39, 0.29) is 12.6 Å². The van der Waals surface area contributed by atoms with Crippen LogP contribution >= 0.6 is 22.9 Å². The molecule has 0 spiro atoms. The average Bonchev–Trinajstić information content (AvgIpc) is 2.85. The van der Waals surface area contributed by atoms with Crippen molar-refractivity contribution >= 4 is 28.6 Å². The summed E-state index contributed by atoms with van der Waals surface area (Å²) < 4.78 is 5.99. The van der Waals surface area contributed by atoms with Crippen LogP contribution in [-0.4, -0.2) is 6.61 Å². The Kier molecular flexibility index (Phi) is 4.67. The lowest BCUT2D eigenvalue weighted by molar-refractivity contribution is 0.368. The van der Waals surface area contributed by atoms with Crippen LogP contribution in [0.15, 0.2) is 35.7 Å². The first-order valence-electron chi connectivity index (χ1n) is 5.79. The van der Waals surface area contributed by atoms with Gasteiger partial charge in [-0.25, -0.2) is 0 Å². The fourth-order valence-electron chi connectivity index (χ4n) is 1.65. The second-order valence-electron chi connectivity index (χ2n) is 4.02. The van der Waals surface area contributed by atoms with Gasteiger partial charge in [0, 0.05) is 11.7 Å². The maximum absolute atomic E-state index is 8.43. The highest BCUT2D eigenvalue weighted by molar-refractivity contribution is 7.14. The Morgan fingerprint density at radius 2 is 2.16 bits per heavy atom. The zero-order valence-corrected chi connectivity index (χ0v) is 12.0. The van der Waals surface area contributed by atoms with Crippen LogP contribution in [0.2, 0.25) is 4.34 Å². The van der Waals surface area contributed by atoms with Crippen molar-refractivity contribution < 1.29 is 4.74 Å². The van der Waals surface area contributed by atoms with Gasteiger partial charge >= 0.3 is 0 Å². The van der Waals surface area contributed by atoms with Crippen molar-refractivity contribution in [2.45, 2.75) is 13.0 Å². The number of nitriles is 1. The molecule has 1 N–H and O–H groups in total. The monoisotopic (exact) mass is 292 g/mol. The van der Waals surface area contributed by atoms with Gasteiger partial charge in [-0.2, -0.15) is 5.26 Å². The zero-order chi connectivity index (χ0) is 13.7. The van der Waals surface area contributed by atoms with Gasteiger partial charge in [0.2, 0.25) is 0 Å². The van der Waals surface area contributed by atoms with E-state index in [0.29, 0.717) is 5.75 Å². The molecule has 2 rings (SSSR count). The number of anilines is 1.